The third-order valence-electron chi connectivity index (χ3n) is 2.76. The molecule has 0 aromatic heterocycles. The largest absolute Gasteiger partial charge is 0.273 e. The van der Waals surface area contributed by atoms with E-state index in [1.54, 1.807) is 0 Å². The molecule has 0 radical (unpaired) electrons. The van der Waals surface area contributed by atoms with Gasteiger partial charge in [0.05, 0.1) is 0 Å². The van der Waals surface area contributed by atoms with Gasteiger partial charge in [0, 0.05) is 13.1 Å². The molecule has 0 saturated carbocycles. The molecule has 18 heavy (non-hydrogen) atoms. The zero-order chi connectivity index (χ0) is 13.1. The van der Waals surface area contributed by atoms with E-state index in [0.29, 0.717) is 25.9 Å². The minimum Gasteiger partial charge on any atom is -0.273 e. The average molecular weight is 254 g/mol. The van der Waals surface area contributed by atoms with Crippen molar-refractivity contribution in [3.63, 3.8) is 0 Å². The Labute approximate surface area is 103 Å². The summed E-state index contributed by atoms with van der Waals surface area (Å²) in [6.45, 7) is 0.834. The highest BCUT2D eigenvalue weighted by molar-refractivity contribution is 6.02. The van der Waals surface area contributed by atoms with Crippen LogP contribution in [0.2, 0.25) is 0 Å². The highest BCUT2D eigenvalue weighted by Crippen LogP contribution is 2.06. The van der Waals surface area contributed by atoms with E-state index in [-0.39, 0.29) is 36.5 Å². The minimum atomic E-state index is -0.290. The molecule has 2 aliphatic heterocycles. The van der Waals surface area contributed by atoms with Crippen LogP contribution in [0.3, 0.4) is 0 Å². The van der Waals surface area contributed by atoms with Gasteiger partial charge >= 0.3 is 0 Å². The molecule has 2 heterocycles. The van der Waals surface area contributed by atoms with Crippen LogP contribution in [-0.4, -0.2) is 46.7 Å². The van der Waals surface area contributed by atoms with E-state index in [1.807, 2.05) is 0 Å². The average Bonchev–Trinajstić information content (AvgIpc) is 2.77. The van der Waals surface area contributed by atoms with Crippen LogP contribution in [0, 0.1) is 0 Å². The summed E-state index contributed by atoms with van der Waals surface area (Å²) in [6.07, 6.45) is 1.10. The molecule has 0 atom stereocenters. The van der Waals surface area contributed by atoms with E-state index in [4.69, 9.17) is 0 Å². The molecule has 0 bridgehead atoms. The summed E-state index contributed by atoms with van der Waals surface area (Å²) in [5.41, 5.74) is 4.88. The van der Waals surface area contributed by atoms with Crippen molar-refractivity contribution in [2.45, 2.75) is 25.7 Å². The lowest BCUT2D eigenvalue weighted by molar-refractivity contribution is -0.131. The van der Waals surface area contributed by atoms with E-state index in [2.05, 4.69) is 10.9 Å². The Morgan fingerprint density at radius 1 is 0.778 bits per heavy atom. The molecule has 0 unspecified atom stereocenters. The number of amides is 4. The lowest BCUT2D eigenvalue weighted by Crippen LogP contribution is -2.38. The topological polar surface area (TPSA) is 98.8 Å². The van der Waals surface area contributed by atoms with Gasteiger partial charge in [-0.1, -0.05) is 0 Å². The maximum absolute atomic E-state index is 11.3. The molecule has 2 fully saturated rings. The van der Waals surface area contributed by atoms with Gasteiger partial charge in [0.1, 0.15) is 12.8 Å². The Bertz CT molecular complexity index is 371. The summed E-state index contributed by atoms with van der Waals surface area (Å²) < 4.78 is 0. The van der Waals surface area contributed by atoms with Gasteiger partial charge in [-0.25, -0.2) is 0 Å². The summed E-state index contributed by atoms with van der Waals surface area (Å²) in [7, 11) is 0. The molecule has 0 aromatic rings. The van der Waals surface area contributed by atoms with Crippen LogP contribution in [0.4, 0.5) is 0 Å². The third kappa shape index (κ3) is 2.76. The number of hydrogen-bond acceptors (Lipinski definition) is 4. The van der Waals surface area contributed by atoms with Gasteiger partial charge in [-0.05, 0) is 12.8 Å². The van der Waals surface area contributed by atoms with E-state index < -0.39 is 0 Å². The maximum Gasteiger partial charge on any atom is 0.250 e. The zero-order valence-electron chi connectivity index (χ0n) is 9.77. The molecule has 98 valence electrons. The summed E-state index contributed by atoms with van der Waals surface area (Å²) in [5, 5.41) is 2.57. The van der Waals surface area contributed by atoms with Gasteiger partial charge in [-0.3, -0.25) is 40.0 Å². The molecule has 0 aliphatic carbocycles. The van der Waals surface area contributed by atoms with Gasteiger partial charge in [-0.2, -0.15) is 0 Å². The fourth-order valence-electron chi connectivity index (χ4n) is 1.87. The van der Waals surface area contributed by atoms with Crippen LogP contribution < -0.4 is 10.9 Å². The van der Waals surface area contributed by atoms with Gasteiger partial charge in [0.15, 0.2) is 0 Å². The van der Waals surface area contributed by atoms with Crippen LogP contribution in [-0.2, 0) is 19.2 Å². The van der Waals surface area contributed by atoms with E-state index >= 15 is 0 Å². The maximum atomic E-state index is 11.3. The van der Waals surface area contributed by atoms with Crippen molar-refractivity contribution >= 4 is 23.6 Å². The number of nitrogens with zero attached hydrogens (tertiary/aromatic N) is 2. The van der Waals surface area contributed by atoms with E-state index in [9.17, 15) is 19.2 Å². The zero-order valence-corrected chi connectivity index (χ0v) is 9.77. The summed E-state index contributed by atoms with van der Waals surface area (Å²) >= 11 is 0. The third-order valence-corrected chi connectivity index (χ3v) is 2.76. The Morgan fingerprint density at radius 2 is 1.17 bits per heavy atom. The molecule has 2 rings (SSSR count). The van der Waals surface area contributed by atoms with Gasteiger partial charge in [-0.15, -0.1) is 0 Å². The Kier molecular flexibility index (Phi) is 3.45. The number of unbranched alkanes of at least 4 members (excludes halogenated alkanes) is 1. The molecule has 4 amide bonds. The van der Waals surface area contributed by atoms with Crippen LogP contribution in [0.25, 0.3) is 0 Å². The van der Waals surface area contributed by atoms with Crippen molar-refractivity contribution < 1.29 is 19.2 Å². The first-order chi connectivity index (χ1) is 8.56. The molecule has 2 saturated heterocycles. The molecule has 8 nitrogen and oxygen atoms in total. The van der Waals surface area contributed by atoms with Crippen molar-refractivity contribution in [1.29, 1.82) is 0 Å². The van der Waals surface area contributed by atoms with Gasteiger partial charge < -0.3 is 0 Å². The summed E-state index contributed by atoms with van der Waals surface area (Å²) in [5.74, 6) is -1.04. The molecule has 0 spiro atoms. The highest BCUT2D eigenvalue weighted by Gasteiger charge is 2.27. The molecule has 0 aromatic carbocycles. The van der Waals surface area contributed by atoms with E-state index in [0.717, 1.165) is 0 Å². The fourth-order valence-corrected chi connectivity index (χ4v) is 1.87. The van der Waals surface area contributed by atoms with Crippen molar-refractivity contribution in [3.05, 3.63) is 0 Å². The SMILES string of the molecule is O=C1CC(=O)N(CCCCN2NC(=O)CC2=O)N1. The molecular weight excluding hydrogens is 240 g/mol. The number of hydrogen-bond donors (Lipinski definition) is 2. The fraction of sp³-hybridized carbons (Fsp3) is 0.600. The summed E-state index contributed by atoms with van der Waals surface area (Å²) in [4.78, 5) is 44.3. The molecule has 2 N–H and O–H groups in total. The number of carbonyl (C=O) groups is 4. The monoisotopic (exact) mass is 254 g/mol. The molecule has 2 aliphatic rings. The minimum absolute atomic E-state index is 0.0966. The second-order valence-corrected chi connectivity index (χ2v) is 4.22. The predicted octanol–water partition coefficient (Wildman–Crippen LogP) is -1.71. The van der Waals surface area contributed by atoms with Crippen LogP contribution in [0.5, 0.6) is 0 Å². The number of rotatable bonds is 5. The molecular formula is C10H14N4O4. The van der Waals surface area contributed by atoms with Crippen molar-refractivity contribution in [2.75, 3.05) is 13.1 Å². The van der Waals surface area contributed by atoms with Crippen molar-refractivity contribution in [2.24, 2.45) is 0 Å². The lowest BCUT2D eigenvalue weighted by atomic mass is 10.3. The normalized spacial score (nSPS) is 19.6. The van der Waals surface area contributed by atoms with Crippen LogP contribution in [0.15, 0.2) is 0 Å². The Morgan fingerprint density at radius 3 is 1.44 bits per heavy atom. The van der Waals surface area contributed by atoms with Gasteiger partial charge in [0.25, 0.3) is 0 Å². The first kappa shape index (κ1) is 12.3. The standard InChI is InChI=1S/C10H14N4O4/c15-7-5-9(17)13(11-7)3-1-2-4-14-10(18)6-8(16)12-14/h1-6H2,(H,11,15)(H,12,16). The predicted molar refractivity (Wildman–Crippen MR) is 58.2 cm³/mol. The number of nitrogens with one attached hydrogen (secondary N) is 2. The van der Waals surface area contributed by atoms with Crippen molar-refractivity contribution in [1.82, 2.24) is 20.9 Å². The smallest absolute Gasteiger partial charge is 0.250 e. The Balaban J connectivity index is 1.64. The first-order valence-corrected chi connectivity index (χ1v) is 5.76. The second kappa shape index (κ2) is 5.03. The van der Waals surface area contributed by atoms with Gasteiger partial charge in [0.2, 0.25) is 23.6 Å². The van der Waals surface area contributed by atoms with E-state index in [1.165, 1.54) is 10.0 Å². The first-order valence-electron chi connectivity index (χ1n) is 5.76. The second-order valence-electron chi connectivity index (χ2n) is 4.22. The Hall–Kier alpha value is -2.12. The molecule has 8 heteroatoms. The summed E-state index contributed by atoms with van der Waals surface area (Å²) in [6, 6.07) is 0. The van der Waals surface area contributed by atoms with Crippen LogP contribution >= 0.6 is 0 Å². The lowest BCUT2D eigenvalue weighted by Gasteiger charge is -2.17. The number of carbonyl (C=O) groups excluding carboxylic acids is 4. The van der Waals surface area contributed by atoms with Crippen molar-refractivity contribution in [3.8, 4) is 0 Å². The quantitative estimate of drug-likeness (QED) is 0.451. The number of hydrazine groups is 2. The highest BCUT2D eigenvalue weighted by atomic mass is 16.2. The van der Waals surface area contributed by atoms with Crippen LogP contribution in [0.1, 0.15) is 25.7 Å².